The molecule has 0 saturated heterocycles. The number of carboxylic acid groups (broad SMARTS) is 6. The summed E-state index contributed by atoms with van der Waals surface area (Å²) in [6, 6.07) is 19.5. The fourth-order valence-corrected chi connectivity index (χ4v) is 8.49. The third-order valence-corrected chi connectivity index (χ3v) is 12.3. The topological polar surface area (TPSA) is 405 Å². The van der Waals surface area contributed by atoms with Gasteiger partial charge in [-0.2, -0.15) is 0 Å². The zero-order valence-electron chi connectivity index (χ0n) is 39.7. The average Bonchev–Trinajstić information content (AvgIpc) is 3.34. The van der Waals surface area contributed by atoms with Crippen LogP contribution in [0.2, 0.25) is 0 Å². The Hall–Kier alpha value is -7.18. The molecule has 0 bridgehead atoms. The van der Waals surface area contributed by atoms with Gasteiger partial charge >= 0.3 is 47.8 Å². The molecule has 0 fully saturated rings. The number of benzene rings is 4. The number of hydrogen-bond acceptors (Lipinski definition) is 18. The van der Waals surface area contributed by atoms with Gasteiger partial charge in [0.2, 0.25) is 0 Å². The van der Waals surface area contributed by atoms with Crippen LogP contribution < -0.4 is 21.3 Å². The Labute approximate surface area is 450 Å². The maximum atomic E-state index is 11.2. The van der Waals surface area contributed by atoms with Gasteiger partial charge in [-0.15, -0.1) is 0 Å². The molecule has 4 aromatic carbocycles. The van der Waals surface area contributed by atoms with E-state index >= 15 is 0 Å². The quantitative estimate of drug-likeness (QED) is 0.0272. The number of rotatable bonds is 14. The minimum atomic E-state index is -1.82. The normalized spacial score (nSPS) is 13.7. The summed E-state index contributed by atoms with van der Waals surface area (Å²) < 4.78 is 11.5. The molecule has 26 heteroatoms. The SMILES string of the molecule is COC(=O)CCCNc1ccc(CC2NCCc3cc(O)c(O)cc32)cc1I.COC(=O)CCCNc1ccc(CC2NCCc3cc(O)c(O)cc32)cc1I.O=C(O)C(=O)O.O=C(O)C(=O)O.O=C(O)C(=O)O. The molecule has 2 heterocycles. The van der Waals surface area contributed by atoms with Gasteiger partial charge in [-0.25, -0.2) is 28.8 Å². The number of anilines is 2. The van der Waals surface area contributed by atoms with E-state index in [4.69, 9.17) is 59.4 Å². The molecule has 2 atom stereocenters. The van der Waals surface area contributed by atoms with Crippen molar-refractivity contribution >= 4 is 104 Å². The average molecular weight is 1260 g/mol. The summed E-state index contributed by atoms with van der Waals surface area (Å²) in [7, 11) is 2.81. The van der Waals surface area contributed by atoms with E-state index in [1.807, 2.05) is 0 Å². The second-order valence-electron chi connectivity index (χ2n) is 15.7. The molecule has 14 N–H and O–H groups in total. The van der Waals surface area contributed by atoms with Crippen molar-refractivity contribution < 1.29 is 98.9 Å². The van der Waals surface area contributed by atoms with Gasteiger partial charge in [-0.05, 0) is 179 Å². The molecular formula is C48H56I2N4O20. The predicted octanol–water partition coefficient (Wildman–Crippen LogP) is 4.46. The number of ether oxygens (including phenoxy) is 2. The number of halogens is 2. The maximum Gasteiger partial charge on any atom is 0.414 e. The minimum absolute atomic E-state index is 0.0587. The maximum absolute atomic E-state index is 11.2. The van der Waals surface area contributed by atoms with Crippen molar-refractivity contribution in [3.8, 4) is 23.0 Å². The fourth-order valence-electron chi connectivity index (χ4n) is 6.95. The zero-order valence-corrected chi connectivity index (χ0v) is 44.0. The molecule has 0 saturated carbocycles. The monoisotopic (exact) mass is 1260 g/mol. The number of phenols is 4. The molecule has 6 rings (SSSR count). The number of nitrogens with one attached hydrogen (secondary N) is 4. The van der Waals surface area contributed by atoms with Crippen LogP contribution in [0.1, 0.15) is 71.1 Å². The molecule has 0 spiro atoms. The summed E-state index contributed by atoms with van der Waals surface area (Å²) in [6.07, 6.45) is 5.55. The highest BCUT2D eigenvalue weighted by atomic mass is 127. The van der Waals surface area contributed by atoms with Crippen LogP contribution in [0.15, 0.2) is 60.7 Å². The molecule has 0 aliphatic carbocycles. The van der Waals surface area contributed by atoms with Crippen LogP contribution in [0.25, 0.3) is 0 Å². The number of esters is 2. The van der Waals surface area contributed by atoms with Gasteiger partial charge in [0.05, 0.1) is 14.2 Å². The smallest absolute Gasteiger partial charge is 0.414 e. The first-order valence-electron chi connectivity index (χ1n) is 22.0. The highest BCUT2D eigenvalue weighted by Crippen LogP contribution is 2.37. The van der Waals surface area contributed by atoms with Crippen molar-refractivity contribution in [3.05, 3.63) is 101 Å². The highest BCUT2D eigenvalue weighted by molar-refractivity contribution is 14.1. The second kappa shape index (κ2) is 32.1. The lowest BCUT2D eigenvalue weighted by molar-refractivity contribution is -0.159. The van der Waals surface area contributed by atoms with Crippen LogP contribution in [-0.4, -0.2) is 139 Å². The lowest BCUT2D eigenvalue weighted by Crippen LogP contribution is -2.31. The molecule has 2 aliphatic rings. The Bertz CT molecular complexity index is 2400. The summed E-state index contributed by atoms with van der Waals surface area (Å²) >= 11 is 4.63. The fraction of sp³-hybridized carbons (Fsp3) is 0.333. The Balaban J connectivity index is 0.000000381. The van der Waals surface area contributed by atoms with Crippen LogP contribution in [-0.2, 0) is 73.5 Å². The Morgan fingerprint density at radius 1 is 0.514 bits per heavy atom. The molecule has 402 valence electrons. The largest absolute Gasteiger partial charge is 0.504 e. The van der Waals surface area contributed by atoms with Gasteiger partial charge in [0.25, 0.3) is 0 Å². The number of phenolic OH excluding ortho intramolecular Hbond substituents is 4. The summed E-state index contributed by atoms with van der Waals surface area (Å²) in [4.78, 5) is 76.9. The predicted molar refractivity (Wildman–Crippen MR) is 279 cm³/mol. The molecule has 4 aromatic rings. The van der Waals surface area contributed by atoms with E-state index in [0.29, 0.717) is 25.9 Å². The van der Waals surface area contributed by atoms with Crippen molar-refractivity contribution in [2.75, 3.05) is 51.0 Å². The summed E-state index contributed by atoms with van der Waals surface area (Å²) in [5.74, 6) is -11.6. The summed E-state index contributed by atoms with van der Waals surface area (Å²) in [5, 5.41) is 97.3. The van der Waals surface area contributed by atoms with Gasteiger partial charge in [-0.3, -0.25) is 9.59 Å². The molecule has 74 heavy (non-hydrogen) atoms. The lowest BCUT2D eigenvalue weighted by Gasteiger charge is -2.27. The van der Waals surface area contributed by atoms with Gasteiger partial charge in [0.15, 0.2) is 23.0 Å². The third kappa shape index (κ3) is 22.3. The first kappa shape index (κ1) is 62.9. The van der Waals surface area contributed by atoms with E-state index in [2.05, 4.69) is 112 Å². The van der Waals surface area contributed by atoms with Crippen LogP contribution in [0.3, 0.4) is 0 Å². The van der Waals surface area contributed by atoms with Crippen LogP contribution >= 0.6 is 45.2 Å². The number of hydrogen-bond donors (Lipinski definition) is 14. The summed E-state index contributed by atoms with van der Waals surface area (Å²) in [6.45, 7) is 3.12. The second-order valence-corrected chi connectivity index (χ2v) is 18.0. The number of methoxy groups -OCH3 is 2. The van der Waals surface area contributed by atoms with E-state index in [1.54, 1.807) is 24.3 Å². The number of fused-ring (bicyclic) bond motifs is 2. The summed E-state index contributed by atoms with van der Waals surface area (Å²) in [5.41, 5.74) is 8.74. The molecule has 2 unspecified atom stereocenters. The van der Waals surface area contributed by atoms with Crippen LogP contribution in [0, 0.1) is 7.14 Å². The van der Waals surface area contributed by atoms with Crippen molar-refractivity contribution in [2.24, 2.45) is 0 Å². The lowest BCUT2D eigenvalue weighted by atomic mass is 9.90. The standard InChI is InChI=1S/2C21H25IN2O4.3C2H2O4/c2*1-28-21(27)3-2-7-23-17-5-4-13(9-16(17)22)10-18-15-12-20(26)19(25)11-14(15)6-8-24-18;3*3-1(4)2(5)6/h2*4-5,9,11-12,18,23-26H,2-3,6-8,10H2,1H3;3*(H,3,4)(H,5,6). The first-order valence-corrected chi connectivity index (χ1v) is 24.2. The van der Waals surface area contributed by atoms with E-state index in [0.717, 1.165) is 92.4 Å². The van der Waals surface area contributed by atoms with Crippen molar-refractivity contribution in [3.63, 3.8) is 0 Å². The van der Waals surface area contributed by atoms with Crippen LogP contribution in [0.5, 0.6) is 23.0 Å². The Morgan fingerprint density at radius 2 is 0.824 bits per heavy atom. The minimum Gasteiger partial charge on any atom is -0.504 e. The number of carbonyl (C=O) groups excluding carboxylic acids is 2. The number of aromatic hydroxyl groups is 4. The van der Waals surface area contributed by atoms with Gasteiger partial charge < -0.3 is 81.8 Å². The zero-order chi connectivity index (χ0) is 55.7. The molecular weight excluding hydrogens is 1210 g/mol. The van der Waals surface area contributed by atoms with E-state index in [-0.39, 0.29) is 47.0 Å². The van der Waals surface area contributed by atoms with Crippen molar-refractivity contribution in [1.82, 2.24) is 10.6 Å². The molecule has 0 amide bonds. The number of aliphatic carboxylic acids is 6. The van der Waals surface area contributed by atoms with E-state index < -0.39 is 35.8 Å². The van der Waals surface area contributed by atoms with Gasteiger partial charge in [0.1, 0.15) is 0 Å². The van der Waals surface area contributed by atoms with E-state index in [1.165, 1.54) is 25.3 Å². The molecule has 0 aromatic heterocycles. The third-order valence-electron chi connectivity index (χ3n) is 10.5. The van der Waals surface area contributed by atoms with Crippen molar-refractivity contribution in [2.45, 2.75) is 63.5 Å². The molecule has 0 radical (unpaired) electrons. The van der Waals surface area contributed by atoms with Crippen LogP contribution in [0.4, 0.5) is 11.4 Å². The Kier molecular flexibility index (Phi) is 27.3. The van der Waals surface area contributed by atoms with Crippen molar-refractivity contribution in [1.29, 1.82) is 0 Å². The molecule has 2 aliphatic heterocycles. The molecule has 24 nitrogen and oxygen atoms in total. The first-order chi connectivity index (χ1) is 34.9. The highest BCUT2D eigenvalue weighted by Gasteiger charge is 2.24. The van der Waals surface area contributed by atoms with E-state index in [9.17, 15) is 30.0 Å². The van der Waals surface area contributed by atoms with Gasteiger partial charge in [-0.1, -0.05) is 12.1 Å². The number of carbonyl (C=O) groups is 8. The van der Waals surface area contributed by atoms with Gasteiger partial charge in [0, 0.05) is 56.5 Å². The number of carboxylic acids is 6. The Morgan fingerprint density at radius 3 is 1.11 bits per heavy atom.